The molecule has 0 aromatic carbocycles. The molecule has 2 unspecified atom stereocenters. The van der Waals surface area contributed by atoms with Crippen LogP contribution in [0.1, 0.15) is 50.7 Å². The third-order valence-corrected chi connectivity index (χ3v) is 5.74. The van der Waals surface area contributed by atoms with E-state index in [1.165, 1.54) is 25.7 Å². The molecule has 4 aliphatic rings. The van der Waals surface area contributed by atoms with E-state index in [-0.39, 0.29) is 11.3 Å². The summed E-state index contributed by atoms with van der Waals surface area (Å²) < 4.78 is 5.18. The van der Waals surface area contributed by atoms with Gasteiger partial charge in [-0.1, -0.05) is 12.8 Å². The number of carbonyl (C=O) groups excluding carboxylic acids is 1. The largest absolute Gasteiger partial charge is 0.463 e. The number of nitrogens with zero attached hydrogens (tertiary/aromatic N) is 1. The van der Waals surface area contributed by atoms with Crippen molar-refractivity contribution in [2.45, 2.75) is 44.9 Å². The van der Waals surface area contributed by atoms with E-state index in [0.29, 0.717) is 5.76 Å². The zero-order valence-corrected chi connectivity index (χ0v) is 12.3. The SMILES string of the molecule is O=C(N/N=C/c1ccco1)C12CC3CCC(CC(C3)C1)C2. The number of amides is 1. The van der Waals surface area contributed by atoms with E-state index in [0.717, 1.165) is 37.0 Å². The van der Waals surface area contributed by atoms with Crippen LogP contribution < -0.4 is 5.43 Å². The Balaban J connectivity index is 1.48. The van der Waals surface area contributed by atoms with E-state index in [4.69, 9.17) is 4.42 Å². The summed E-state index contributed by atoms with van der Waals surface area (Å²) in [6, 6.07) is 3.64. The third-order valence-electron chi connectivity index (χ3n) is 5.74. The highest BCUT2D eigenvalue weighted by molar-refractivity contribution is 5.84. The first kappa shape index (κ1) is 13.1. The molecule has 4 aliphatic carbocycles. The van der Waals surface area contributed by atoms with Crippen LogP contribution in [0.15, 0.2) is 27.9 Å². The van der Waals surface area contributed by atoms with Crippen molar-refractivity contribution < 1.29 is 9.21 Å². The van der Waals surface area contributed by atoms with E-state index >= 15 is 0 Å². The molecular formula is C17H22N2O2. The van der Waals surface area contributed by atoms with Gasteiger partial charge in [-0.05, 0) is 62.0 Å². The molecule has 0 aliphatic heterocycles. The Morgan fingerprint density at radius 3 is 2.62 bits per heavy atom. The van der Waals surface area contributed by atoms with Crippen LogP contribution in [0, 0.1) is 23.2 Å². The lowest BCUT2D eigenvalue weighted by Gasteiger charge is -2.46. The van der Waals surface area contributed by atoms with Crippen LogP contribution in [-0.4, -0.2) is 12.1 Å². The highest BCUT2D eigenvalue weighted by Gasteiger charge is 2.52. The molecule has 4 bridgehead atoms. The summed E-state index contributed by atoms with van der Waals surface area (Å²) in [4.78, 5) is 12.7. The predicted molar refractivity (Wildman–Crippen MR) is 79.7 cm³/mol. The molecule has 4 nitrogen and oxygen atoms in total. The Hall–Kier alpha value is -1.58. The number of furan rings is 1. The van der Waals surface area contributed by atoms with Crippen LogP contribution in [0.5, 0.6) is 0 Å². The van der Waals surface area contributed by atoms with Gasteiger partial charge in [0.15, 0.2) is 0 Å². The second kappa shape index (κ2) is 5.00. The summed E-state index contributed by atoms with van der Waals surface area (Å²) in [7, 11) is 0. The second-order valence-electron chi connectivity index (χ2n) is 7.25. The van der Waals surface area contributed by atoms with Crippen LogP contribution in [0.2, 0.25) is 0 Å². The van der Waals surface area contributed by atoms with Gasteiger partial charge in [-0.3, -0.25) is 4.79 Å². The topological polar surface area (TPSA) is 54.6 Å². The molecule has 1 N–H and O–H groups in total. The minimum atomic E-state index is -0.145. The summed E-state index contributed by atoms with van der Waals surface area (Å²) in [5.74, 6) is 3.08. The molecule has 0 saturated heterocycles. The molecule has 0 radical (unpaired) electrons. The van der Waals surface area contributed by atoms with Crippen molar-refractivity contribution in [3.8, 4) is 0 Å². The standard InChI is InChI=1S/C17H22N2O2/c20-16(19-18-11-15-2-1-5-21-15)17-8-12-3-4-13(9-17)7-14(6-12)10-17/h1-2,5,11-14H,3-4,6-10H2,(H,19,20)/b18-11+. The number of hydrogen-bond acceptors (Lipinski definition) is 3. The van der Waals surface area contributed by atoms with Crippen molar-refractivity contribution in [1.82, 2.24) is 5.43 Å². The lowest BCUT2D eigenvalue weighted by Crippen LogP contribution is -2.47. The minimum Gasteiger partial charge on any atom is -0.463 e. The van der Waals surface area contributed by atoms with Gasteiger partial charge in [0.05, 0.1) is 17.9 Å². The number of hydrazone groups is 1. The molecule has 1 heterocycles. The van der Waals surface area contributed by atoms with Crippen molar-refractivity contribution >= 4 is 12.1 Å². The fraction of sp³-hybridized carbons (Fsp3) is 0.647. The van der Waals surface area contributed by atoms with Crippen molar-refractivity contribution in [1.29, 1.82) is 0 Å². The number of hydrogen-bond donors (Lipinski definition) is 1. The number of rotatable bonds is 3. The summed E-state index contributed by atoms with van der Waals surface area (Å²) in [5.41, 5.74) is 2.63. The van der Waals surface area contributed by atoms with Crippen molar-refractivity contribution in [3.05, 3.63) is 24.2 Å². The van der Waals surface area contributed by atoms with Crippen LogP contribution in [-0.2, 0) is 4.79 Å². The Morgan fingerprint density at radius 1 is 1.24 bits per heavy atom. The maximum absolute atomic E-state index is 12.7. The molecule has 1 aromatic rings. The normalized spacial score (nSPS) is 37.8. The molecule has 4 saturated carbocycles. The zero-order valence-electron chi connectivity index (χ0n) is 12.3. The van der Waals surface area contributed by atoms with Gasteiger partial charge in [-0.2, -0.15) is 5.10 Å². The smallest absolute Gasteiger partial charge is 0.246 e. The Bertz CT molecular complexity index is 533. The average molecular weight is 286 g/mol. The van der Waals surface area contributed by atoms with Gasteiger partial charge in [-0.15, -0.1) is 0 Å². The Kier molecular flexibility index (Phi) is 3.12. The van der Waals surface area contributed by atoms with Crippen molar-refractivity contribution in [2.75, 3.05) is 0 Å². The zero-order chi connectivity index (χ0) is 14.3. The van der Waals surface area contributed by atoms with Crippen molar-refractivity contribution in [3.63, 3.8) is 0 Å². The maximum Gasteiger partial charge on any atom is 0.246 e. The van der Waals surface area contributed by atoms with Gasteiger partial charge < -0.3 is 4.42 Å². The predicted octanol–water partition coefficient (Wildman–Crippen LogP) is 3.34. The van der Waals surface area contributed by atoms with Gasteiger partial charge in [0, 0.05) is 0 Å². The van der Waals surface area contributed by atoms with E-state index in [2.05, 4.69) is 10.5 Å². The lowest BCUT2D eigenvalue weighted by atomic mass is 9.58. The number of carbonyl (C=O) groups is 1. The maximum atomic E-state index is 12.7. The van der Waals surface area contributed by atoms with Gasteiger partial charge in [0.1, 0.15) is 5.76 Å². The van der Waals surface area contributed by atoms with E-state index in [1.54, 1.807) is 12.5 Å². The summed E-state index contributed by atoms with van der Waals surface area (Å²) >= 11 is 0. The van der Waals surface area contributed by atoms with Gasteiger partial charge >= 0.3 is 0 Å². The number of fused-ring (bicyclic) bond motifs is 1. The summed E-state index contributed by atoms with van der Waals surface area (Å²) in [6.45, 7) is 0. The van der Waals surface area contributed by atoms with Crippen LogP contribution >= 0.6 is 0 Å². The van der Waals surface area contributed by atoms with Gasteiger partial charge in [0.25, 0.3) is 0 Å². The first-order chi connectivity index (χ1) is 10.2. The molecule has 1 aromatic heterocycles. The molecule has 2 atom stereocenters. The van der Waals surface area contributed by atoms with Crippen molar-refractivity contribution in [2.24, 2.45) is 28.3 Å². The average Bonchev–Trinajstić information content (AvgIpc) is 2.88. The Labute approximate surface area is 125 Å². The fourth-order valence-corrected chi connectivity index (χ4v) is 5.11. The summed E-state index contributed by atoms with van der Waals surface area (Å²) in [6.07, 6.45) is 11.7. The third kappa shape index (κ3) is 2.41. The molecule has 4 heteroatoms. The molecular weight excluding hydrogens is 264 g/mol. The lowest BCUT2D eigenvalue weighted by molar-refractivity contribution is -0.138. The second-order valence-corrected chi connectivity index (χ2v) is 7.25. The van der Waals surface area contributed by atoms with E-state index in [9.17, 15) is 4.79 Å². The monoisotopic (exact) mass is 286 g/mol. The van der Waals surface area contributed by atoms with Gasteiger partial charge in [-0.25, -0.2) is 5.43 Å². The molecule has 5 rings (SSSR count). The number of nitrogens with one attached hydrogen (secondary N) is 1. The Morgan fingerprint density at radius 2 is 1.95 bits per heavy atom. The first-order valence-corrected chi connectivity index (χ1v) is 8.10. The molecule has 21 heavy (non-hydrogen) atoms. The molecule has 1 amide bonds. The van der Waals surface area contributed by atoms with Crippen LogP contribution in [0.4, 0.5) is 0 Å². The summed E-state index contributed by atoms with van der Waals surface area (Å²) in [5, 5.41) is 4.08. The minimum absolute atomic E-state index is 0.131. The van der Waals surface area contributed by atoms with Crippen LogP contribution in [0.3, 0.4) is 0 Å². The fourth-order valence-electron chi connectivity index (χ4n) is 5.11. The first-order valence-electron chi connectivity index (χ1n) is 8.10. The quantitative estimate of drug-likeness (QED) is 0.684. The molecule has 0 spiro atoms. The van der Waals surface area contributed by atoms with Gasteiger partial charge in [0.2, 0.25) is 5.91 Å². The van der Waals surface area contributed by atoms with E-state index in [1.807, 2.05) is 12.1 Å². The highest BCUT2D eigenvalue weighted by Crippen LogP contribution is 2.57. The molecule has 112 valence electrons. The van der Waals surface area contributed by atoms with E-state index < -0.39 is 0 Å². The molecule has 4 fully saturated rings. The van der Waals surface area contributed by atoms with Crippen LogP contribution in [0.25, 0.3) is 0 Å². The highest BCUT2D eigenvalue weighted by atomic mass is 16.3.